The highest BCUT2D eigenvalue weighted by atomic mass is 19.4. The molecule has 1 aliphatic heterocycles. The van der Waals surface area contributed by atoms with Gasteiger partial charge in [-0.2, -0.15) is 13.2 Å². The van der Waals surface area contributed by atoms with Gasteiger partial charge >= 0.3 is 12.2 Å². The molecule has 2 aromatic carbocycles. The molecule has 1 aliphatic carbocycles. The zero-order chi connectivity index (χ0) is 19.4. The van der Waals surface area contributed by atoms with Gasteiger partial charge in [0, 0.05) is 11.3 Å². The van der Waals surface area contributed by atoms with Crippen LogP contribution in [0.2, 0.25) is 0 Å². The van der Waals surface area contributed by atoms with Gasteiger partial charge in [0.05, 0.1) is 0 Å². The van der Waals surface area contributed by atoms with Gasteiger partial charge in [-0.3, -0.25) is 0 Å². The molecule has 1 unspecified atom stereocenters. The van der Waals surface area contributed by atoms with Crippen LogP contribution in [-0.4, -0.2) is 23.7 Å². The first-order valence-electron chi connectivity index (χ1n) is 8.43. The summed E-state index contributed by atoms with van der Waals surface area (Å²) in [5, 5.41) is 2.42. The van der Waals surface area contributed by atoms with Crippen molar-refractivity contribution in [3.8, 4) is 0 Å². The Hall–Kier alpha value is -2.64. The molecule has 2 aliphatic rings. The molecule has 1 saturated carbocycles. The average molecular weight is 382 g/mol. The minimum absolute atomic E-state index is 0.250. The molecule has 142 valence electrons. The number of carbonyl (C=O) groups excluding carboxylic acids is 1. The van der Waals surface area contributed by atoms with E-state index in [4.69, 9.17) is 0 Å². The minimum Gasteiger partial charge on any atom is -0.307 e. The lowest BCUT2D eigenvalue weighted by Gasteiger charge is -2.49. The number of carbonyl (C=O) groups is 1. The molecule has 3 nitrogen and oxygen atoms in total. The maximum atomic E-state index is 14.1. The van der Waals surface area contributed by atoms with Crippen LogP contribution in [0, 0.1) is 17.6 Å². The standard InChI is InChI=1S/C19H15F5N2O/c20-13-5-3-12(4-6-13)19(11-1-2-11)15-9-14(21)7-8-16(15)25-17(27)26(19)10-18(22,23)24/h3-9,11H,1-2,10H2,(H,25,27). The lowest BCUT2D eigenvalue weighted by atomic mass is 9.75. The van der Waals surface area contributed by atoms with Crippen LogP contribution >= 0.6 is 0 Å². The zero-order valence-corrected chi connectivity index (χ0v) is 14.0. The Bertz CT molecular complexity index is 892. The first-order valence-corrected chi connectivity index (χ1v) is 8.43. The predicted octanol–water partition coefficient (Wildman–Crippen LogP) is 5.03. The van der Waals surface area contributed by atoms with Gasteiger partial charge in [-0.1, -0.05) is 12.1 Å². The maximum Gasteiger partial charge on any atom is 0.406 e. The Kier molecular flexibility index (Phi) is 3.90. The minimum atomic E-state index is -4.65. The second-order valence-corrected chi connectivity index (χ2v) is 6.87. The van der Waals surface area contributed by atoms with E-state index in [0.717, 1.165) is 24.3 Å². The van der Waals surface area contributed by atoms with Gasteiger partial charge in [-0.05, 0) is 54.7 Å². The van der Waals surface area contributed by atoms with E-state index >= 15 is 0 Å². The maximum absolute atomic E-state index is 14.1. The molecular weight excluding hydrogens is 367 g/mol. The summed E-state index contributed by atoms with van der Waals surface area (Å²) in [7, 11) is 0. The van der Waals surface area contributed by atoms with Crippen LogP contribution in [0.15, 0.2) is 42.5 Å². The SMILES string of the molecule is O=C1Nc2ccc(F)cc2C(c2ccc(F)cc2)(C2CC2)N1CC(F)(F)F. The van der Waals surface area contributed by atoms with Crippen molar-refractivity contribution in [3.05, 3.63) is 65.2 Å². The van der Waals surface area contributed by atoms with E-state index in [0.29, 0.717) is 23.3 Å². The quantitative estimate of drug-likeness (QED) is 0.742. The van der Waals surface area contributed by atoms with Gasteiger partial charge in [-0.15, -0.1) is 0 Å². The molecule has 4 rings (SSSR count). The Morgan fingerprint density at radius 1 is 1.04 bits per heavy atom. The number of halogens is 5. The summed E-state index contributed by atoms with van der Waals surface area (Å²) in [4.78, 5) is 13.4. The summed E-state index contributed by atoms with van der Waals surface area (Å²) in [5.74, 6) is -1.49. The molecule has 2 amide bonds. The summed E-state index contributed by atoms with van der Waals surface area (Å²) < 4.78 is 67.5. The molecule has 0 spiro atoms. The van der Waals surface area contributed by atoms with Crippen LogP contribution in [0.3, 0.4) is 0 Å². The summed E-state index contributed by atoms with van der Waals surface area (Å²) in [5.41, 5.74) is -0.669. The van der Waals surface area contributed by atoms with Gasteiger partial charge < -0.3 is 10.2 Å². The highest BCUT2D eigenvalue weighted by Gasteiger charge is 2.58. The molecule has 2 aromatic rings. The van der Waals surface area contributed by atoms with Gasteiger partial charge in [0.15, 0.2) is 0 Å². The number of nitrogens with zero attached hydrogens (tertiary/aromatic N) is 1. The first-order chi connectivity index (χ1) is 12.7. The van der Waals surface area contributed by atoms with E-state index in [1.165, 1.54) is 18.2 Å². The van der Waals surface area contributed by atoms with Crippen molar-refractivity contribution in [2.45, 2.75) is 24.6 Å². The van der Waals surface area contributed by atoms with Gasteiger partial charge in [-0.25, -0.2) is 13.6 Å². The third-order valence-electron chi connectivity index (χ3n) is 5.09. The first kappa shape index (κ1) is 17.8. The highest BCUT2D eigenvalue weighted by molar-refractivity contribution is 5.95. The number of amides is 2. The van der Waals surface area contributed by atoms with Crippen LogP contribution < -0.4 is 5.32 Å². The van der Waals surface area contributed by atoms with Crippen LogP contribution in [0.25, 0.3) is 0 Å². The monoisotopic (exact) mass is 382 g/mol. The van der Waals surface area contributed by atoms with E-state index in [-0.39, 0.29) is 17.2 Å². The van der Waals surface area contributed by atoms with Crippen molar-refractivity contribution in [2.24, 2.45) is 5.92 Å². The normalized spacial score (nSPS) is 22.4. The number of rotatable bonds is 3. The molecular formula is C19H15F5N2O. The zero-order valence-electron chi connectivity index (χ0n) is 14.0. The Balaban J connectivity index is 2.01. The highest BCUT2D eigenvalue weighted by Crippen LogP contribution is 2.57. The molecule has 0 saturated heterocycles. The molecule has 0 aromatic heterocycles. The number of fused-ring (bicyclic) bond motifs is 1. The molecule has 1 atom stereocenters. The Labute approximate surface area is 151 Å². The molecule has 27 heavy (non-hydrogen) atoms. The molecule has 8 heteroatoms. The van der Waals surface area contributed by atoms with E-state index in [9.17, 15) is 26.7 Å². The lowest BCUT2D eigenvalue weighted by molar-refractivity contribution is -0.149. The lowest BCUT2D eigenvalue weighted by Crippen LogP contribution is -2.59. The summed E-state index contributed by atoms with van der Waals surface area (Å²) >= 11 is 0. The van der Waals surface area contributed by atoms with Crippen molar-refractivity contribution < 1.29 is 26.7 Å². The Morgan fingerprint density at radius 2 is 1.67 bits per heavy atom. The van der Waals surface area contributed by atoms with Crippen LogP contribution in [0.1, 0.15) is 24.0 Å². The van der Waals surface area contributed by atoms with Crippen molar-refractivity contribution in [2.75, 3.05) is 11.9 Å². The largest absolute Gasteiger partial charge is 0.406 e. The average Bonchev–Trinajstić information content (AvgIpc) is 3.42. The molecule has 0 bridgehead atoms. The predicted molar refractivity (Wildman–Crippen MR) is 88.1 cm³/mol. The van der Waals surface area contributed by atoms with Crippen molar-refractivity contribution >= 4 is 11.7 Å². The molecule has 1 heterocycles. The summed E-state index contributed by atoms with van der Waals surface area (Å²) in [6, 6.07) is 7.72. The van der Waals surface area contributed by atoms with E-state index in [2.05, 4.69) is 5.32 Å². The number of urea groups is 1. The fourth-order valence-electron chi connectivity index (χ4n) is 4.00. The fourth-order valence-corrected chi connectivity index (χ4v) is 4.00. The van der Waals surface area contributed by atoms with Gasteiger partial charge in [0.1, 0.15) is 23.7 Å². The number of hydrogen-bond acceptors (Lipinski definition) is 1. The number of anilines is 1. The third kappa shape index (κ3) is 2.93. The van der Waals surface area contributed by atoms with E-state index < -0.39 is 35.9 Å². The molecule has 1 fully saturated rings. The summed E-state index contributed by atoms with van der Waals surface area (Å²) in [6.45, 7) is -1.50. The Morgan fingerprint density at radius 3 is 2.26 bits per heavy atom. The van der Waals surface area contributed by atoms with Crippen LogP contribution in [0.5, 0.6) is 0 Å². The smallest absolute Gasteiger partial charge is 0.307 e. The van der Waals surface area contributed by atoms with Gasteiger partial charge in [0.2, 0.25) is 0 Å². The van der Waals surface area contributed by atoms with Crippen LogP contribution in [-0.2, 0) is 5.54 Å². The number of alkyl halides is 3. The molecule has 1 N–H and O–H groups in total. The van der Waals surface area contributed by atoms with Crippen molar-refractivity contribution in [1.29, 1.82) is 0 Å². The van der Waals surface area contributed by atoms with Crippen LogP contribution in [0.4, 0.5) is 32.4 Å². The van der Waals surface area contributed by atoms with E-state index in [1.54, 1.807) is 0 Å². The van der Waals surface area contributed by atoms with Crippen molar-refractivity contribution in [1.82, 2.24) is 4.90 Å². The second-order valence-electron chi connectivity index (χ2n) is 6.87. The number of nitrogens with one attached hydrogen (secondary N) is 1. The summed E-state index contributed by atoms with van der Waals surface area (Å²) in [6.07, 6.45) is -3.49. The number of hydrogen-bond donors (Lipinski definition) is 1. The topological polar surface area (TPSA) is 32.3 Å². The third-order valence-corrected chi connectivity index (χ3v) is 5.09. The molecule has 0 radical (unpaired) electrons. The second kappa shape index (κ2) is 5.94. The van der Waals surface area contributed by atoms with Gasteiger partial charge in [0.25, 0.3) is 0 Å². The fraction of sp³-hybridized carbons (Fsp3) is 0.316. The van der Waals surface area contributed by atoms with E-state index in [1.807, 2.05) is 0 Å². The van der Waals surface area contributed by atoms with Crippen molar-refractivity contribution in [3.63, 3.8) is 0 Å². The number of benzene rings is 2.